The van der Waals surface area contributed by atoms with Crippen molar-refractivity contribution in [3.63, 3.8) is 0 Å². The first-order chi connectivity index (χ1) is 11.5. The highest BCUT2D eigenvalue weighted by molar-refractivity contribution is 5.73. The Morgan fingerprint density at radius 1 is 1.38 bits per heavy atom. The number of ether oxygens (including phenoxy) is 1. The van der Waals surface area contributed by atoms with Gasteiger partial charge in [0.25, 0.3) is 5.56 Å². The van der Waals surface area contributed by atoms with Crippen molar-refractivity contribution in [2.24, 2.45) is 5.92 Å². The van der Waals surface area contributed by atoms with Crippen molar-refractivity contribution in [1.29, 1.82) is 0 Å². The lowest BCUT2D eigenvalue weighted by molar-refractivity contribution is 0.274. The second kappa shape index (κ2) is 6.52. The first-order valence-electron chi connectivity index (χ1n) is 8.31. The number of hydrogen-bond acceptors (Lipinski definition) is 3. The third-order valence-electron chi connectivity index (χ3n) is 4.35. The molecule has 1 aliphatic carbocycles. The van der Waals surface area contributed by atoms with Gasteiger partial charge in [-0.25, -0.2) is 4.68 Å². The minimum Gasteiger partial charge on any atom is -0.475 e. The van der Waals surface area contributed by atoms with Crippen molar-refractivity contribution in [1.82, 2.24) is 9.78 Å². The van der Waals surface area contributed by atoms with Crippen molar-refractivity contribution in [2.75, 3.05) is 0 Å². The van der Waals surface area contributed by atoms with Crippen LogP contribution in [0.1, 0.15) is 31.0 Å². The normalized spacial score (nSPS) is 14.9. The van der Waals surface area contributed by atoms with Crippen LogP contribution in [-0.4, -0.2) is 15.9 Å². The van der Waals surface area contributed by atoms with Crippen LogP contribution in [-0.2, 0) is 6.54 Å². The van der Waals surface area contributed by atoms with E-state index in [1.807, 2.05) is 38.1 Å². The molecular weight excluding hydrogens is 300 g/mol. The zero-order chi connectivity index (χ0) is 17.3. The summed E-state index contributed by atoms with van der Waals surface area (Å²) in [6.07, 6.45) is 7.36. The van der Waals surface area contributed by atoms with Crippen LogP contribution in [0.4, 0.5) is 0 Å². The average molecular weight is 322 g/mol. The average Bonchev–Trinajstić information content (AvgIpc) is 3.37. The molecule has 0 saturated heterocycles. The lowest BCUT2D eigenvalue weighted by Gasteiger charge is -2.18. The van der Waals surface area contributed by atoms with E-state index in [2.05, 4.69) is 11.0 Å². The summed E-state index contributed by atoms with van der Waals surface area (Å²) < 4.78 is 7.46. The molecule has 0 spiro atoms. The fourth-order valence-corrected chi connectivity index (χ4v) is 2.79. The molecule has 1 aromatic heterocycles. The number of nitrogens with zero attached hydrogens (tertiary/aromatic N) is 2. The Morgan fingerprint density at radius 2 is 2.08 bits per heavy atom. The molecule has 2 aromatic rings. The van der Waals surface area contributed by atoms with Gasteiger partial charge >= 0.3 is 0 Å². The molecule has 124 valence electrons. The fourth-order valence-electron chi connectivity index (χ4n) is 2.79. The predicted octanol–water partition coefficient (Wildman–Crippen LogP) is 3.34. The van der Waals surface area contributed by atoms with Crippen molar-refractivity contribution in [2.45, 2.75) is 46.3 Å². The van der Waals surface area contributed by atoms with E-state index in [1.165, 1.54) is 12.8 Å². The molecule has 0 bridgehead atoms. The van der Waals surface area contributed by atoms with Gasteiger partial charge in [0, 0.05) is 6.54 Å². The van der Waals surface area contributed by atoms with Crippen LogP contribution in [0.3, 0.4) is 0 Å². The summed E-state index contributed by atoms with van der Waals surface area (Å²) in [5, 5.41) is 4.47. The minimum atomic E-state index is -0.424. The second-order valence-electron chi connectivity index (χ2n) is 6.46. The van der Waals surface area contributed by atoms with E-state index in [0.29, 0.717) is 29.5 Å². The van der Waals surface area contributed by atoms with Gasteiger partial charge in [0.05, 0.1) is 5.56 Å². The van der Waals surface area contributed by atoms with Crippen molar-refractivity contribution >= 4 is 0 Å². The minimum absolute atomic E-state index is 0.110. The van der Waals surface area contributed by atoms with E-state index in [4.69, 9.17) is 11.2 Å². The molecule has 0 amide bonds. The Balaban J connectivity index is 2.21. The molecule has 4 heteroatoms. The summed E-state index contributed by atoms with van der Waals surface area (Å²) in [5.74, 6) is 3.61. The zero-order valence-electron chi connectivity index (χ0n) is 14.4. The molecule has 1 saturated carbocycles. The molecule has 1 unspecified atom stereocenters. The van der Waals surface area contributed by atoms with Gasteiger partial charge in [0.1, 0.15) is 5.69 Å². The maximum absolute atomic E-state index is 13.1. The molecule has 24 heavy (non-hydrogen) atoms. The SMILES string of the molecule is C#CC(C)Oc1c(C)nn(CC2CC2)c(=O)c1-c1ccccc1C. The third kappa shape index (κ3) is 3.21. The molecule has 1 heterocycles. The van der Waals surface area contributed by atoms with Crippen LogP contribution in [0.15, 0.2) is 29.1 Å². The van der Waals surface area contributed by atoms with Gasteiger partial charge in [-0.2, -0.15) is 5.10 Å². The highest BCUT2D eigenvalue weighted by atomic mass is 16.5. The first kappa shape index (κ1) is 16.3. The maximum Gasteiger partial charge on any atom is 0.278 e. The third-order valence-corrected chi connectivity index (χ3v) is 4.35. The first-order valence-corrected chi connectivity index (χ1v) is 8.31. The molecular formula is C20H22N2O2. The number of aromatic nitrogens is 2. The number of benzene rings is 1. The zero-order valence-corrected chi connectivity index (χ0v) is 14.4. The van der Waals surface area contributed by atoms with Crippen molar-refractivity contribution in [3.05, 3.63) is 45.9 Å². The highest BCUT2D eigenvalue weighted by Gasteiger charge is 2.26. The second-order valence-corrected chi connectivity index (χ2v) is 6.46. The summed E-state index contributed by atoms with van der Waals surface area (Å²) in [6.45, 7) is 6.31. The van der Waals surface area contributed by atoms with E-state index >= 15 is 0 Å². The molecule has 1 atom stereocenters. The van der Waals surface area contributed by atoms with Gasteiger partial charge in [-0.05, 0) is 50.7 Å². The summed E-state index contributed by atoms with van der Waals surface area (Å²) in [7, 11) is 0. The smallest absolute Gasteiger partial charge is 0.278 e. The summed E-state index contributed by atoms with van der Waals surface area (Å²) in [5.41, 5.74) is 3.04. The Labute approximate surface area is 142 Å². The van der Waals surface area contributed by atoms with Crippen LogP contribution in [0, 0.1) is 32.1 Å². The van der Waals surface area contributed by atoms with Gasteiger partial charge in [0.15, 0.2) is 11.9 Å². The maximum atomic E-state index is 13.1. The summed E-state index contributed by atoms with van der Waals surface area (Å²) in [6, 6.07) is 7.82. The number of rotatable bonds is 5. The molecule has 1 aromatic carbocycles. The standard InChI is InChI=1S/C20H22N2O2/c1-5-14(3)24-19-15(4)21-22(12-16-10-11-16)20(23)18(19)17-9-7-6-8-13(17)2/h1,6-9,14,16H,10-12H2,2-4H3. The Bertz CT molecular complexity index is 857. The molecule has 1 aliphatic rings. The molecule has 3 rings (SSSR count). The number of aryl methyl sites for hydroxylation is 2. The van der Waals surface area contributed by atoms with Crippen LogP contribution in [0.5, 0.6) is 5.75 Å². The van der Waals surface area contributed by atoms with Crippen LogP contribution < -0.4 is 10.3 Å². The largest absolute Gasteiger partial charge is 0.475 e. The van der Waals surface area contributed by atoms with Crippen molar-refractivity contribution < 1.29 is 4.74 Å². The van der Waals surface area contributed by atoms with Gasteiger partial charge in [-0.15, -0.1) is 6.42 Å². The van der Waals surface area contributed by atoms with Gasteiger partial charge in [0.2, 0.25) is 0 Å². The van der Waals surface area contributed by atoms with Crippen molar-refractivity contribution in [3.8, 4) is 29.2 Å². The monoisotopic (exact) mass is 322 g/mol. The van der Waals surface area contributed by atoms with E-state index in [9.17, 15) is 4.79 Å². The van der Waals surface area contributed by atoms with Crippen LogP contribution in [0.25, 0.3) is 11.1 Å². The van der Waals surface area contributed by atoms with Crippen LogP contribution in [0.2, 0.25) is 0 Å². The fraction of sp³-hybridized carbons (Fsp3) is 0.400. The highest BCUT2D eigenvalue weighted by Crippen LogP contribution is 2.33. The summed E-state index contributed by atoms with van der Waals surface area (Å²) in [4.78, 5) is 13.1. The molecule has 0 aliphatic heterocycles. The molecule has 4 nitrogen and oxygen atoms in total. The lowest BCUT2D eigenvalue weighted by Crippen LogP contribution is -2.28. The van der Waals surface area contributed by atoms with Gasteiger partial charge < -0.3 is 4.74 Å². The number of hydrogen-bond donors (Lipinski definition) is 0. The Morgan fingerprint density at radius 3 is 2.71 bits per heavy atom. The molecule has 0 N–H and O–H groups in total. The quantitative estimate of drug-likeness (QED) is 0.793. The van der Waals surface area contributed by atoms with Gasteiger partial charge in [-0.3, -0.25) is 4.79 Å². The van der Waals surface area contributed by atoms with Crippen LogP contribution >= 0.6 is 0 Å². The van der Waals surface area contributed by atoms with E-state index in [-0.39, 0.29) is 5.56 Å². The van der Waals surface area contributed by atoms with E-state index in [0.717, 1.165) is 11.1 Å². The van der Waals surface area contributed by atoms with E-state index in [1.54, 1.807) is 11.6 Å². The summed E-state index contributed by atoms with van der Waals surface area (Å²) >= 11 is 0. The lowest BCUT2D eigenvalue weighted by atomic mass is 10.0. The molecule has 1 fully saturated rings. The molecule has 0 radical (unpaired) electrons. The van der Waals surface area contributed by atoms with E-state index < -0.39 is 6.10 Å². The Kier molecular flexibility index (Phi) is 4.44. The predicted molar refractivity (Wildman–Crippen MR) is 95.1 cm³/mol. The topological polar surface area (TPSA) is 44.1 Å². The van der Waals surface area contributed by atoms with Gasteiger partial charge in [-0.1, -0.05) is 30.2 Å². The number of terminal acetylenes is 1. The Hall–Kier alpha value is -2.54.